The molecule has 1 fully saturated rings. The second-order valence-electron chi connectivity index (χ2n) is 7.33. The van der Waals surface area contributed by atoms with E-state index in [1.807, 2.05) is 24.8 Å². The Hall–Kier alpha value is -2.29. The molecule has 156 valence electrons. The van der Waals surface area contributed by atoms with Gasteiger partial charge in [0.05, 0.1) is 16.6 Å². The summed E-state index contributed by atoms with van der Waals surface area (Å²) in [4.78, 5) is 14.7. The highest BCUT2D eigenvalue weighted by atomic mass is 32.2. The van der Waals surface area contributed by atoms with Crippen LogP contribution in [0.4, 0.5) is 10.1 Å². The van der Waals surface area contributed by atoms with Gasteiger partial charge in [-0.3, -0.25) is 9.69 Å². The Morgan fingerprint density at radius 3 is 2.31 bits per heavy atom. The Kier molecular flexibility index (Phi) is 6.36. The lowest BCUT2D eigenvalue weighted by Gasteiger charge is -2.36. The van der Waals surface area contributed by atoms with Crippen molar-refractivity contribution < 1.29 is 17.6 Å². The minimum atomic E-state index is -3.57. The first-order chi connectivity index (χ1) is 13.7. The van der Waals surface area contributed by atoms with E-state index >= 15 is 0 Å². The molecule has 0 spiro atoms. The Balaban J connectivity index is 1.62. The van der Waals surface area contributed by atoms with Crippen molar-refractivity contribution in [3.63, 3.8) is 0 Å². The Labute approximate surface area is 171 Å². The van der Waals surface area contributed by atoms with Gasteiger partial charge in [-0.1, -0.05) is 18.2 Å². The number of amides is 1. The molecule has 1 aliphatic heterocycles. The monoisotopic (exact) mass is 419 g/mol. The zero-order chi connectivity index (χ0) is 21.2. The number of sulfonamides is 1. The minimum Gasteiger partial charge on any atom is -0.322 e. The summed E-state index contributed by atoms with van der Waals surface area (Å²) in [5.41, 5.74) is 2.12. The van der Waals surface area contributed by atoms with Crippen molar-refractivity contribution in [2.45, 2.75) is 31.7 Å². The number of carbonyl (C=O) groups is 1. The number of hydrogen-bond donors (Lipinski definition) is 1. The van der Waals surface area contributed by atoms with Gasteiger partial charge in [0.1, 0.15) is 5.82 Å². The van der Waals surface area contributed by atoms with Crippen molar-refractivity contribution in [1.82, 2.24) is 9.21 Å². The van der Waals surface area contributed by atoms with E-state index in [0.717, 1.165) is 11.1 Å². The summed E-state index contributed by atoms with van der Waals surface area (Å²) in [5, 5.41) is 2.60. The molecule has 0 saturated carbocycles. The van der Waals surface area contributed by atoms with Crippen LogP contribution in [0.2, 0.25) is 0 Å². The molecule has 0 unspecified atom stereocenters. The number of carbonyl (C=O) groups excluding carboxylic acids is 1. The third kappa shape index (κ3) is 4.66. The van der Waals surface area contributed by atoms with E-state index in [9.17, 15) is 17.6 Å². The maximum Gasteiger partial charge on any atom is 0.243 e. The van der Waals surface area contributed by atoms with Gasteiger partial charge in [-0.05, 0) is 56.2 Å². The largest absolute Gasteiger partial charge is 0.322 e. The van der Waals surface area contributed by atoms with E-state index in [-0.39, 0.29) is 11.6 Å². The fourth-order valence-electron chi connectivity index (χ4n) is 3.32. The van der Waals surface area contributed by atoms with E-state index in [1.54, 1.807) is 31.2 Å². The maximum atomic E-state index is 13.8. The predicted octanol–water partition coefficient (Wildman–Crippen LogP) is 2.78. The smallest absolute Gasteiger partial charge is 0.243 e. The van der Waals surface area contributed by atoms with Gasteiger partial charge in [-0.25, -0.2) is 12.8 Å². The molecule has 0 aliphatic carbocycles. The third-order valence-corrected chi connectivity index (χ3v) is 7.34. The van der Waals surface area contributed by atoms with E-state index < -0.39 is 21.9 Å². The van der Waals surface area contributed by atoms with Crippen molar-refractivity contribution in [1.29, 1.82) is 0 Å². The number of anilines is 1. The lowest BCUT2D eigenvalue weighted by molar-refractivity contribution is -0.121. The molecule has 1 heterocycles. The first kappa shape index (κ1) is 21.4. The van der Waals surface area contributed by atoms with Gasteiger partial charge in [0.2, 0.25) is 15.9 Å². The van der Waals surface area contributed by atoms with Crippen LogP contribution in [0.5, 0.6) is 0 Å². The molecule has 0 aromatic heterocycles. The maximum absolute atomic E-state index is 13.8. The van der Waals surface area contributed by atoms with Crippen LogP contribution in [0.15, 0.2) is 47.4 Å². The van der Waals surface area contributed by atoms with Gasteiger partial charge in [-0.2, -0.15) is 4.31 Å². The van der Waals surface area contributed by atoms with Gasteiger partial charge in [0.15, 0.2) is 0 Å². The average molecular weight is 420 g/mol. The first-order valence-corrected chi connectivity index (χ1v) is 11.0. The van der Waals surface area contributed by atoms with Crippen molar-refractivity contribution in [2.24, 2.45) is 0 Å². The summed E-state index contributed by atoms with van der Waals surface area (Å²) >= 11 is 0. The van der Waals surface area contributed by atoms with Crippen LogP contribution in [0.25, 0.3) is 0 Å². The summed E-state index contributed by atoms with van der Waals surface area (Å²) in [7, 11) is -3.57. The standard InChI is InChI=1S/C21H26FN3O3S/c1-15-8-9-18(14-16(15)2)29(27,28)25-12-10-24(11-13-25)17(3)21(26)23-20-7-5-4-6-19(20)22/h4-9,14,17H,10-13H2,1-3H3,(H,23,26)/t17-/m0/s1. The molecule has 1 atom stereocenters. The molecular weight excluding hydrogens is 393 g/mol. The zero-order valence-corrected chi connectivity index (χ0v) is 17.7. The molecule has 1 saturated heterocycles. The molecule has 0 radical (unpaired) electrons. The predicted molar refractivity (Wildman–Crippen MR) is 111 cm³/mol. The summed E-state index contributed by atoms with van der Waals surface area (Å²) < 4.78 is 41.1. The molecule has 1 amide bonds. The topological polar surface area (TPSA) is 69.7 Å². The number of para-hydroxylation sites is 1. The number of hydrogen-bond acceptors (Lipinski definition) is 4. The highest BCUT2D eigenvalue weighted by Gasteiger charge is 2.32. The van der Waals surface area contributed by atoms with Gasteiger partial charge in [0.25, 0.3) is 0 Å². The van der Waals surface area contributed by atoms with Crippen LogP contribution in [0.3, 0.4) is 0 Å². The third-order valence-electron chi connectivity index (χ3n) is 5.45. The highest BCUT2D eigenvalue weighted by Crippen LogP contribution is 2.21. The molecule has 1 aliphatic rings. The summed E-state index contributed by atoms with van der Waals surface area (Å²) in [5.74, 6) is -0.807. The summed E-state index contributed by atoms with van der Waals surface area (Å²) in [6, 6.07) is 10.7. The summed E-state index contributed by atoms with van der Waals surface area (Å²) in [6.45, 7) is 7.02. The van der Waals surface area contributed by atoms with Crippen molar-refractivity contribution in [3.8, 4) is 0 Å². The molecule has 0 bridgehead atoms. The Bertz CT molecular complexity index is 1000. The molecule has 2 aromatic carbocycles. The van der Waals surface area contributed by atoms with E-state index in [4.69, 9.17) is 0 Å². The van der Waals surface area contributed by atoms with Gasteiger partial charge < -0.3 is 5.32 Å². The van der Waals surface area contributed by atoms with Crippen molar-refractivity contribution >= 4 is 21.6 Å². The van der Waals surface area contributed by atoms with E-state index in [1.165, 1.54) is 16.4 Å². The Morgan fingerprint density at radius 1 is 1.03 bits per heavy atom. The number of nitrogens with one attached hydrogen (secondary N) is 1. The van der Waals surface area contributed by atoms with Gasteiger partial charge >= 0.3 is 0 Å². The number of rotatable bonds is 5. The van der Waals surface area contributed by atoms with E-state index in [0.29, 0.717) is 31.1 Å². The zero-order valence-electron chi connectivity index (χ0n) is 16.9. The number of nitrogens with zero attached hydrogens (tertiary/aromatic N) is 2. The highest BCUT2D eigenvalue weighted by molar-refractivity contribution is 7.89. The second-order valence-corrected chi connectivity index (χ2v) is 9.27. The SMILES string of the molecule is Cc1ccc(S(=O)(=O)N2CCN([C@@H](C)C(=O)Nc3ccccc3F)CC2)cc1C. The number of halogens is 1. The lowest BCUT2D eigenvalue weighted by atomic mass is 10.1. The van der Waals surface area contributed by atoms with Crippen molar-refractivity contribution in [2.75, 3.05) is 31.5 Å². The van der Waals surface area contributed by atoms with Gasteiger partial charge in [-0.15, -0.1) is 0 Å². The Morgan fingerprint density at radius 2 is 1.69 bits per heavy atom. The lowest BCUT2D eigenvalue weighted by Crippen LogP contribution is -2.53. The molecule has 2 aromatic rings. The quantitative estimate of drug-likeness (QED) is 0.809. The van der Waals surface area contributed by atoms with Crippen LogP contribution in [0.1, 0.15) is 18.1 Å². The normalized spacial score (nSPS) is 17.1. The molecule has 3 rings (SSSR count). The molecule has 1 N–H and O–H groups in total. The molecule has 8 heteroatoms. The summed E-state index contributed by atoms with van der Waals surface area (Å²) in [6.07, 6.45) is 0. The number of aryl methyl sites for hydroxylation is 2. The van der Waals surface area contributed by atoms with Crippen LogP contribution in [0, 0.1) is 19.7 Å². The fraction of sp³-hybridized carbons (Fsp3) is 0.381. The van der Waals surface area contributed by atoms with Crippen LogP contribution >= 0.6 is 0 Å². The minimum absolute atomic E-state index is 0.139. The van der Waals surface area contributed by atoms with Gasteiger partial charge in [0, 0.05) is 26.2 Å². The van der Waals surface area contributed by atoms with E-state index in [2.05, 4.69) is 5.32 Å². The van der Waals surface area contributed by atoms with Crippen LogP contribution in [-0.2, 0) is 14.8 Å². The molecule has 29 heavy (non-hydrogen) atoms. The fourth-order valence-corrected chi connectivity index (χ4v) is 4.83. The molecule has 6 nitrogen and oxygen atoms in total. The van der Waals surface area contributed by atoms with Crippen LogP contribution in [-0.4, -0.2) is 55.8 Å². The first-order valence-electron chi connectivity index (χ1n) is 9.57. The second kappa shape index (κ2) is 8.61. The molecular formula is C21H26FN3O3S. The average Bonchev–Trinajstić information content (AvgIpc) is 2.71. The van der Waals surface area contributed by atoms with Crippen LogP contribution < -0.4 is 5.32 Å². The van der Waals surface area contributed by atoms with Crippen molar-refractivity contribution in [3.05, 3.63) is 59.4 Å². The number of piperazine rings is 1. The number of benzene rings is 2.